The van der Waals surface area contributed by atoms with Crippen molar-refractivity contribution in [2.45, 2.75) is 110 Å². The van der Waals surface area contributed by atoms with Crippen molar-refractivity contribution in [2.24, 2.45) is 11.8 Å². The summed E-state index contributed by atoms with van der Waals surface area (Å²) in [7, 11) is 0. The molecule has 198 valence electrons. The molecule has 1 fully saturated rings. The smallest absolute Gasteiger partial charge is 0.343 e. The van der Waals surface area contributed by atoms with Gasteiger partial charge in [-0.05, 0) is 67.5 Å². The van der Waals surface area contributed by atoms with E-state index in [0.29, 0.717) is 17.9 Å². The lowest BCUT2D eigenvalue weighted by Gasteiger charge is -2.28. The summed E-state index contributed by atoms with van der Waals surface area (Å²) < 4.78 is 11.3. The van der Waals surface area contributed by atoms with Gasteiger partial charge in [0.15, 0.2) is 0 Å². The zero-order valence-corrected chi connectivity index (χ0v) is 22.7. The van der Waals surface area contributed by atoms with Crippen molar-refractivity contribution in [3.05, 3.63) is 53.9 Å². The van der Waals surface area contributed by atoms with Gasteiger partial charge in [0, 0.05) is 5.69 Å². The summed E-state index contributed by atoms with van der Waals surface area (Å²) in [6, 6.07) is 11.1. The second-order valence-electron chi connectivity index (χ2n) is 10.6. The number of ether oxygens (including phenoxy) is 2. The molecule has 36 heavy (non-hydrogen) atoms. The van der Waals surface area contributed by atoms with Crippen LogP contribution < -0.4 is 9.47 Å². The number of pyridine rings is 1. The van der Waals surface area contributed by atoms with E-state index in [0.717, 1.165) is 36.1 Å². The number of hydrogen-bond acceptors (Lipinski definition) is 4. The molecule has 4 heteroatoms. The summed E-state index contributed by atoms with van der Waals surface area (Å²) >= 11 is 0. The highest BCUT2D eigenvalue weighted by molar-refractivity contribution is 5.91. The lowest BCUT2D eigenvalue weighted by Crippen LogP contribution is -2.15. The number of aryl methyl sites for hydroxylation is 1. The van der Waals surface area contributed by atoms with E-state index in [2.05, 4.69) is 18.8 Å². The lowest BCUT2D eigenvalue weighted by atomic mass is 9.78. The molecule has 0 amide bonds. The van der Waals surface area contributed by atoms with Gasteiger partial charge in [0.1, 0.15) is 11.5 Å². The Balaban J connectivity index is 1.34. The maximum Gasteiger partial charge on any atom is 0.343 e. The Hall–Kier alpha value is -2.36. The number of nitrogens with zero attached hydrogens (tertiary/aromatic N) is 1. The van der Waals surface area contributed by atoms with Crippen molar-refractivity contribution in [3.8, 4) is 11.5 Å². The van der Waals surface area contributed by atoms with Gasteiger partial charge < -0.3 is 9.47 Å². The van der Waals surface area contributed by atoms with E-state index in [1.54, 1.807) is 18.3 Å². The molecule has 1 aromatic carbocycles. The first kappa shape index (κ1) is 28.2. The molecule has 1 heterocycles. The highest BCUT2D eigenvalue weighted by atomic mass is 16.5. The van der Waals surface area contributed by atoms with Crippen LogP contribution in [0.15, 0.2) is 42.6 Å². The molecule has 1 aromatic heterocycles. The van der Waals surface area contributed by atoms with Crippen LogP contribution in [0, 0.1) is 11.8 Å². The van der Waals surface area contributed by atoms with Gasteiger partial charge in [0.2, 0.25) is 0 Å². The van der Waals surface area contributed by atoms with E-state index in [4.69, 9.17) is 9.47 Å². The van der Waals surface area contributed by atoms with Crippen LogP contribution in [-0.2, 0) is 6.42 Å². The van der Waals surface area contributed by atoms with E-state index >= 15 is 0 Å². The maximum atomic E-state index is 12.5. The lowest BCUT2D eigenvalue weighted by molar-refractivity contribution is 0.0734. The second-order valence-corrected chi connectivity index (χ2v) is 10.6. The number of hydrogen-bond donors (Lipinski definition) is 0. The fraction of sp³-hybridized carbons (Fsp3) is 0.625. The first-order valence-electron chi connectivity index (χ1n) is 14.6. The van der Waals surface area contributed by atoms with Crippen molar-refractivity contribution in [1.29, 1.82) is 0 Å². The van der Waals surface area contributed by atoms with Crippen molar-refractivity contribution in [2.75, 3.05) is 6.61 Å². The molecule has 0 unspecified atom stereocenters. The Morgan fingerprint density at radius 1 is 0.778 bits per heavy atom. The topological polar surface area (TPSA) is 48.4 Å². The summed E-state index contributed by atoms with van der Waals surface area (Å²) in [5.74, 6) is 2.71. The minimum Gasteiger partial charge on any atom is -0.494 e. The molecule has 0 radical (unpaired) electrons. The number of carbonyl (C=O) groups excluding carboxylic acids is 1. The highest BCUT2D eigenvalue weighted by Crippen LogP contribution is 2.34. The first-order valence-corrected chi connectivity index (χ1v) is 14.6. The van der Waals surface area contributed by atoms with Gasteiger partial charge in [-0.2, -0.15) is 0 Å². The highest BCUT2D eigenvalue weighted by Gasteiger charge is 2.20. The van der Waals surface area contributed by atoms with Gasteiger partial charge in [-0.3, -0.25) is 4.98 Å². The van der Waals surface area contributed by atoms with Crippen molar-refractivity contribution >= 4 is 5.97 Å². The normalized spacial score (nSPS) is 17.6. The van der Waals surface area contributed by atoms with Gasteiger partial charge in [-0.1, -0.05) is 90.9 Å². The van der Waals surface area contributed by atoms with Crippen LogP contribution in [-0.4, -0.2) is 17.6 Å². The Bertz CT molecular complexity index is 854. The predicted molar refractivity (Wildman–Crippen MR) is 148 cm³/mol. The van der Waals surface area contributed by atoms with E-state index < -0.39 is 0 Å². The van der Waals surface area contributed by atoms with E-state index in [9.17, 15) is 4.79 Å². The van der Waals surface area contributed by atoms with Crippen molar-refractivity contribution in [3.63, 3.8) is 0 Å². The van der Waals surface area contributed by atoms with Crippen LogP contribution >= 0.6 is 0 Å². The Labute approximate surface area is 219 Å². The summed E-state index contributed by atoms with van der Waals surface area (Å²) in [4.78, 5) is 17.1. The third-order valence-corrected chi connectivity index (χ3v) is 7.61. The standard InChI is InChI=1S/C32H47NO3/c1-3-5-7-8-9-10-24-35-30-21-17-28(18-22-30)32(34)36-31-23-20-29(33-25-31)19-16-27-14-12-26(13-15-27)11-6-4-2/h17-18,20-23,25-27H,3-16,19,24H2,1-2H3. The molecule has 1 saturated carbocycles. The average Bonchev–Trinajstić information content (AvgIpc) is 2.92. The minimum absolute atomic E-state index is 0.369. The van der Waals surface area contributed by atoms with Crippen LogP contribution in [0.5, 0.6) is 11.5 Å². The quantitative estimate of drug-likeness (QED) is 0.173. The van der Waals surface area contributed by atoms with Crippen LogP contribution in [0.3, 0.4) is 0 Å². The zero-order chi connectivity index (χ0) is 25.4. The monoisotopic (exact) mass is 493 g/mol. The third kappa shape index (κ3) is 10.3. The van der Waals surface area contributed by atoms with Crippen molar-refractivity contribution in [1.82, 2.24) is 4.98 Å². The predicted octanol–water partition coefficient (Wildman–Crippen LogP) is 8.97. The fourth-order valence-electron chi connectivity index (χ4n) is 5.20. The average molecular weight is 494 g/mol. The number of esters is 1. The number of aromatic nitrogens is 1. The fourth-order valence-corrected chi connectivity index (χ4v) is 5.20. The number of unbranched alkanes of at least 4 members (excludes halogenated alkanes) is 6. The molecule has 0 aliphatic heterocycles. The summed E-state index contributed by atoms with van der Waals surface area (Å²) in [6.07, 6.45) is 21.0. The molecular weight excluding hydrogens is 446 g/mol. The molecule has 0 spiro atoms. The SMILES string of the molecule is CCCCCCCCOc1ccc(C(=O)Oc2ccc(CCC3CCC(CCCC)CC3)nc2)cc1. The molecule has 2 aromatic rings. The van der Waals surface area contributed by atoms with E-state index in [1.807, 2.05) is 24.3 Å². The number of carbonyl (C=O) groups is 1. The molecule has 0 bridgehead atoms. The Morgan fingerprint density at radius 2 is 1.42 bits per heavy atom. The molecular formula is C32H47NO3. The van der Waals surface area contributed by atoms with Gasteiger partial charge in [0.05, 0.1) is 18.4 Å². The number of rotatable bonds is 16. The van der Waals surface area contributed by atoms with Gasteiger partial charge in [0.25, 0.3) is 0 Å². The summed E-state index contributed by atoms with van der Waals surface area (Å²) in [5.41, 5.74) is 1.59. The van der Waals surface area contributed by atoms with Crippen LogP contribution in [0.2, 0.25) is 0 Å². The molecule has 4 nitrogen and oxygen atoms in total. The summed E-state index contributed by atoms with van der Waals surface area (Å²) in [5, 5.41) is 0. The summed E-state index contributed by atoms with van der Waals surface area (Å²) in [6.45, 7) is 5.24. The zero-order valence-electron chi connectivity index (χ0n) is 22.7. The molecule has 0 atom stereocenters. The molecule has 1 aliphatic rings. The Kier molecular flexibility index (Phi) is 12.9. The third-order valence-electron chi connectivity index (χ3n) is 7.61. The molecule has 1 aliphatic carbocycles. The van der Waals surface area contributed by atoms with Crippen LogP contribution in [0.4, 0.5) is 0 Å². The molecule has 3 rings (SSSR count). The van der Waals surface area contributed by atoms with Gasteiger partial charge >= 0.3 is 5.97 Å². The van der Waals surface area contributed by atoms with Crippen LogP contribution in [0.25, 0.3) is 0 Å². The maximum absolute atomic E-state index is 12.5. The van der Waals surface area contributed by atoms with Gasteiger partial charge in [-0.25, -0.2) is 4.79 Å². The largest absolute Gasteiger partial charge is 0.494 e. The Morgan fingerprint density at radius 3 is 2.08 bits per heavy atom. The minimum atomic E-state index is -0.369. The second kappa shape index (κ2) is 16.4. The van der Waals surface area contributed by atoms with Crippen LogP contribution in [0.1, 0.15) is 120 Å². The first-order chi connectivity index (χ1) is 17.7. The van der Waals surface area contributed by atoms with E-state index in [-0.39, 0.29) is 5.97 Å². The van der Waals surface area contributed by atoms with E-state index in [1.165, 1.54) is 83.5 Å². The number of benzene rings is 1. The van der Waals surface area contributed by atoms with Crippen molar-refractivity contribution < 1.29 is 14.3 Å². The molecule has 0 N–H and O–H groups in total. The van der Waals surface area contributed by atoms with Gasteiger partial charge in [-0.15, -0.1) is 0 Å². The molecule has 0 saturated heterocycles.